The molecule has 2 heterocycles. The minimum absolute atomic E-state index is 0.179. The van der Waals surface area contributed by atoms with Gasteiger partial charge < -0.3 is 10.1 Å². The number of benzene rings is 1. The lowest BCUT2D eigenvalue weighted by molar-refractivity contribution is -0.124. The van der Waals surface area contributed by atoms with Crippen LogP contribution < -0.4 is 5.32 Å². The summed E-state index contributed by atoms with van der Waals surface area (Å²) in [5.41, 5.74) is 4.63. The molecule has 1 unspecified atom stereocenters. The smallest absolute Gasteiger partial charge is 0.350 e. The summed E-state index contributed by atoms with van der Waals surface area (Å²) in [5, 5.41) is 3.50. The molecule has 0 bridgehead atoms. The van der Waals surface area contributed by atoms with Crippen LogP contribution in [-0.2, 0) is 9.53 Å². The van der Waals surface area contributed by atoms with Gasteiger partial charge in [0.05, 0.1) is 17.4 Å². The molecule has 0 radical (unpaired) electrons. The number of rotatable bonds is 6. The number of carbonyl (C=O) groups is 2. The van der Waals surface area contributed by atoms with Crippen LogP contribution in [0.15, 0.2) is 42.6 Å². The Morgan fingerprint density at radius 3 is 2.62 bits per heavy atom. The molecule has 6 nitrogen and oxygen atoms in total. The van der Waals surface area contributed by atoms with E-state index in [0.29, 0.717) is 21.3 Å². The van der Waals surface area contributed by atoms with Crippen molar-refractivity contribution < 1.29 is 14.3 Å². The zero-order chi connectivity index (χ0) is 21.0. The monoisotopic (exact) mass is 409 g/mol. The molecular weight excluding hydrogens is 386 g/mol. The van der Waals surface area contributed by atoms with Crippen molar-refractivity contribution in [2.45, 2.75) is 33.7 Å². The first kappa shape index (κ1) is 20.7. The van der Waals surface area contributed by atoms with E-state index in [-0.39, 0.29) is 18.6 Å². The molecule has 7 heteroatoms. The van der Waals surface area contributed by atoms with Crippen LogP contribution in [-0.4, -0.2) is 28.5 Å². The van der Waals surface area contributed by atoms with E-state index in [4.69, 9.17) is 4.74 Å². The van der Waals surface area contributed by atoms with E-state index in [0.717, 1.165) is 5.56 Å². The van der Waals surface area contributed by atoms with E-state index >= 15 is 0 Å². The topological polar surface area (TPSA) is 81.2 Å². The highest BCUT2D eigenvalue weighted by molar-refractivity contribution is 7.17. The maximum Gasteiger partial charge on any atom is 0.350 e. The second kappa shape index (κ2) is 8.96. The molecule has 1 atom stereocenters. The minimum Gasteiger partial charge on any atom is -0.451 e. The molecule has 0 saturated heterocycles. The summed E-state index contributed by atoms with van der Waals surface area (Å²) in [6, 6.07) is 11.4. The van der Waals surface area contributed by atoms with Crippen LogP contribution in [0.1, 0.15) is 45.0 Å². The Morgan fingerprint density at radius 1 is 1.14 bits per heavy atom. The van der Waals surface area contributed by atoms with Crippen molar-refractivity contribution in [1.29, 1.82) is 0 Å². The predicted molar refractivity (Wildman–Crippen MR) is 113 cm³/mol. The van der Waals surface area contributed by atoms with Crippen molar-refractivity contribution in [3.05, 3.63) is 69.9 Å². The third-order valence-electron chi connectivity index (χ3n) is 4.61. The molecule has 150 valence electrons. The van der Waals surface area contributed by atoms with E-state index in [9.17, 15) is 9.59 Å². The lowest BCUT2D eigenvalue weighted by Gasteiger charge is -2.15. The molecule has 1 amide bonds. The van der Waals surface area contributed by atoms with Crippen LogP contribution >= 0.6 is 11.3 Å². The van der Waals surface area contributed by atoms with Crippen molar-refractivity contribution in [1.82, 2.24) is 15.3 Å². The van der Waals surface area contributed by atoms with Crippen molar-refractivity contribution in [2.75, 3.05) is 6.61 Å². The first-order valence-electron chi connectivity index (χ1n) is 9.27. The molecule has 0 aliphatic rings. The first-order chi connectivity index (χ1) is 13.8. The number of carbonyl (C=O) groups excluding carboxylic acids is 2. The summed E-state index contributed by atoms with van der Waals surface area (Å²) >= 11 is 1.21. The number of aryl methyl sites for hydroxylation is 3. The van der Waals surface area contributed by atoms with Crippen molar-refractivity contribution in [3.63, 3.8) is 0 Å². The van der Waals surface area contributed by atoms with Crippen molar-refractivity contribution in [2.24, 2.45) is 0 Å². The highest BCUT2D eigenvalue weighted by Crippen LogP contribution is 2.26. The molecule has 0 saturated carbocycles. The van der Waals surface area contributed by atoms with E-state index in [1.54, 1.807) is 13.1 Å². The Morgan fingerprint density at radius 2 is 1.93 bits per heavy atom. The molecule has 3 rings (SSSR count). The van der Waals surface area contributed by atoms with Crippen molar-refractivity contribution in [3.8, 4) is 10.7 Å². The van der Waals surface area contributed by atoms with Gasteiger partial charge in [-0.25, -0.2) is 9.78 Å². The van der Waals surface area contributed by atoms with Gasteiger partial charge >= 0.3 is 5.97 Å². The maximum atomic E-state index is 12.4. The molecule has 2 aromatic heterocycles. The second-order valence-corrected chi connectivity index (χ2v) is 7.86. The molecule has 0 aliphatic carbocycles. The summed E-state index contributed by atoms with van der Waals surface area (Å²) in [6.45, 7) is 7.37. The van der Waals surface area contributed by atoms with E-state index in [1.807, 2.05) is 57.2 Å². The van der Waals surface area contributed by atoms with Gasteiger partial charge in [-0.05, 0) is 56.5 Å². The van der Waals surface area contributed by atoms with E-state index in [1.165, 1.54) is 22.5 Å². The van der Waals surface area contributed by atoms with Gasteiger partial charge in [-0.1, -0.05) is 24.3 Å². The number of thiazole rings is 1. The van der Waals surface area contributed by atoms with Crippen LogP contribution in [0, 0.1) is 20.8 Å². The Hall–Kier alpha value is -3.06. The molecule has 0 fully saturated rings. The van der Waals surface area contributed by atoms with Gasteiger partial charge in [0.1, 0.15) is 9.88 Å². The van der Waals surface area contributed by atoms with Gasteiger partial charge in [0.2, 0.25) is 0 Å². The van der Waals surface area contributed by atoms with Crippen LogP contribution in [0.3, 0.4) is 0 Å². The molecule has 0 spiro atoms. The van der Waals surface area contributed by atoms with E-state index < -0.39 is 5.97 Å². The average molecular weight is 410 g/mol. The van der Waals surface area contributed by atoms with Gasteiger partial charge in [0, 0.05) is 6.20 Å². The lowest BCUT2D eigenvalue weighted by atomic mass is 10.0. The standard InChI is InChI=1S/C22H23N3O3S/c1-13-8-9-17(11-14(13)2)15(3)24-19(26)12-28-22(27)20-16(4)25-21(29-20)18-7-5-6-10-23-18/h5-11,15H,12H2,1-4H3,(H,24,26). The molecule has 1 aromatic carbocycles. The third-order valence-corrected chi connectivity index (χ3v) is 5.77. The minimum atomic E-state index is -0.559. The van der Waals surface area contributed by atoms with E-state index in [2.05, 4.69) is 15.3 Å². The predicted octanol–water partition coefficient (Wildman–Crippen LogP) is 4.16. The summed E-state index contributed by atoms with van der Waals surface area (Å²) in [6.07, 6.45) is 1.67. The molecule has 3 aromatic rings. The number of ether oxygens (including phenoxy) is 1. The fraction of sp³-hybridized carbons (Fsp3) is 0.273. The third kappa shape index (κ3) is 5.06. The maximum absolute atomic E-state index is 12.4. The zero-order valence-corrected chi connectivity index (χ0v) is 17.7. The number of aromatic nitrogens is 2. The fourth-order valence-electron chi connectivity index (χ4n) is 2.78. The highest BCUT2D eigenvalue weighted by Gasteiger charge is 2.19. The van der Waals surface area contributed by atoms with Gasteiger partial charge in [0.25, 0.3) is 5.91 Å². The molecular formula is C22H23N3O3S. The Kier molecular flexibility index (Phi) is 6.39. The number of hydrogen-bond acceptors (Lipinski definition) is 6. The number of pyridine rings is 1. The molecule has 1 N–H and O–H groups in total. The van der Waals surface area contributed by atoms with Crippen LogP contribution in [0.25, 0.3) is 10.7 Å². The highest BCUT2D eigenvalue weighted by atomic mass is 32.1. The van der Waals surface area contributed by atoms with Crippen molar-refractivity contribution >= 4 is 23.2 Å². The van der Waals surface area contributed by atoms with Gasteiger partial charge in [-0.15, -0.1) is 11.3 Å². The van der Waals surface area contributed by atoms with Gasteiger partial charge in [0.15, 0.2) is 6.61 Å². The SMILES string of the molecule is Cc1ccc(C(C)NC(=O)COC(=O)c2sc(-c3ccccn3)nc2C)cc1C. The van der Waals surface area contributed by atoms with Crippen LogP contribution in [0.4, 0.5) is 0 Å². The number of hydrogen-bond donors (Lipinski definition) is 1. The summed E-state index contributed by atoms with van der Waals surface area (Å²) in [4.78, 5) is 33.6. The van der Waals surface area contributed by atoms with Crippen LogP contribution in [0.2, 0.25) is 0 Å². The van der Waals surface area contributed by atoms with Gasteiger partial charge in [-0.3, -0.25) is 9.78 Å². The van der Waals surface area contributed by atoms with Gasteiger partial charge in [-0.2, -0.15) is 0 Å². The number of esters is 1. The molecule has 29 heavy (non-hydrogen) atoms. The van der Waals surface area contributed by atoms with Crippen LogP contribution in [0.5, 0.6) is 0 Å². The first-order valence-corrected chi connectivity index (χ1v) is 10.1. The second-order valence-electron chi connectivity index (χ2n) is 6.86. The number of nitrogens with one attached hydrogen (secondary N) is 1. The zero-order valence-electron chi connectivity index (χ0n) is 16.9. The fourth-order valence-corrected chi connectivity index (χ4v) is 3.72. The summed E-state index contributed by atoms with van der Waals surface area (Å²) < 4.78 is 5.20. The normalized spacial score (nSPS) is 11.7. The average Bonchev–Trinajstić information content (AvgIpc) is 3.10. The Bertz CT molecular complexity index is 1030. The largest absolute Gasteiger partial charge is 0.451 e. The lowest BCUT2D eigenvalue weighted by Crippen LogP contribution is -2.31. The Labute approximate surface area is 174 Å². The number of amides is 1. The summed E-state index contributed by atoms with van der Waals surface area (Å²) in [5.74, 6) is -0.910. The summed E-state index contributed by atoms with van der Waals surface area (Å²) in [7, 11) is 0. The Balaban J connectivity index is 1.58. The molecule has 0 aliphatic heterocycles. The number of nitrogens with zero attached hydrogens (tertiary/aromatic N) is 2. The quantitative estimate of drug-likeness (QED) is 0.618.